The van der Waals surface area contributed by atoms with Crippen molar-refractivity contribution in [2.75, 3.05) is 26.7 Å². The Hall–Kier alpha value is -1.10. The molecule has 0 radical (unpaired) electrons. The lowest BCUT2D eigenvalue weighted by Crippen LogP contribution is -2.42. The van der Waals surface area contributed by atoms with Gasteiger partial charge in [0.15, 0.2) is 5.96 Å². The molecule has 0 atom stereocenters. The van der Waals surface area contributed by atoms with Gasteiger partial charge in [-0.1, -0.05) is 6.92 Å². The number of amides is 1. The minimum absolute atomic E-state index is 0. The van der Waals surface area contributed by atoms with Crippen molar-refractivity contribution >= 4 is 47.4 Å². The summed E-state index contributed by atoms with van der Waals surface area (Å²) in [5, 5.41) is 10.2. The largest absolute Gasteiger partial charge is 0.444 e. The van der Waals surface area contributed by atoms with Crippen LogP contribution in [0.3, 0.4) is 0 Å². The summed E-state index contributed by atoms with van der Waals surface area (Å²) < 4.78 is 5.18. The highest BCUT2D eigenvalue weighted by Crippen LogP contribution is 2.17. The van der Waals surface area contributed by atoms with E-state index in [1.54, 1.807) is 18.4 Å². The van der Waals surface area contributed by atoms with E-state index in [1.807, 2.05) is 20.8 Å². The van der Waals surface area contributed by atoms with Crippen LogP contribution in [0.15, 0.2) is 4.99 Å². The second kappa shape index (κ2) is 12.3. The van der Waals surface area contributed by atoms with Crippen LogP contribution in [-0.4, -0.2) is 49.3 Å². The fourth-order valence-corrected chi connectivity index (χ4v) is 3.11. The van der Waals surface area contributed by atoms with Crippen molar-refractivity contribution in [1.82, 2.24) is 20.9 Å². The standard InChI is InChI=1S/C17H31N5O2S.HI/c1-7-13-12(2)25-14(22-13)8-9-19-15(18-6)20-10-11-21-16(23)24-17(3,4)5;/h7-11H2,1-6H3,(H,21,23)(H2,18,19,20);1H. The van der Waals surface area contributed by atoms with Crippen molar-refractivity contribution < 1.29 is 9.53 Å². The molecule has 0 aliphatic rings. The van der Waals surface area contributed by atoms with Gasteiger partial charge in [0, 0.05) is 38.0 Å². The first-order valence-electron chi connectivity index (χ1n) is 8.61. The quantitative estimate of drug-likeness (QED) is 0.234. The normalized spacial score (nSPS) is 11.5. The van der Waals surface area contributed by atoms with Crippen LogP contribution in [0.5, 0.6) is 0 Å². The monoisotopic (exact) mass is 497 g/mol. The van der Waals surface area contributed by atoms with Crippen LogP contribution in [0.2, 0.25) is 0 Å². The summed E-state index contributed by atoms with van der Waals surface area (Å²) in [6, 6.07) is 0. The van der Waals surface area contributed by atoms with Gasteiger partial charge >= 0.3 is 6.09 Å². The van der Waals surface area contributed by atoms with E-state index in [0.29, 0.717) is 19.0 Å². The SMILES string of the molecule is CCc1nc(CCNC(=NC)NCCNC(=O)OC(C)(C)C)sc1C.I. The van der Waals surface area contributed by atoms with Gasteiger partial charge in [0.1, 0.15) is 5.60 Å². The molecule has 7 nitrogen and oxygen atoms in total. The summed E-state index contributed by atoms with van der Waals surface area (Å²) in [6.45, 7) is 11.5. The van der Waals surface area contributed by atoms with E-state index in [4.69, 9.17) is 4.74 Å². The molecule has 1 heterocycles. The minimum Gasteiger partial charge on any atom is -0.444 e. The third-order valence-electron chi connectivity index (χ3n) is 3.21. The molecule has 0 aliphatic heterocycles. The van der Waals surface area contributed by atoms with Gasteiger partial charge in [0.05, 0.1) is 10.7 Å². The zero-order valence-corrected chi connectivity index (χ0v) is 19.7. The summed E-state index contributed by atoms with van der Waals surface area (Å²) in [5.74, 6) is 0.704. The van der Waals surface area contributed by atoms with E-state index in [0.717, 1.165) is 24.4 Å². The Kier molecular flexibility index (Phi) is 11.8. The first kappa shape index (κ1) is 24.9. The van der Waals surface area contributed by atoms with Crippen molar-refractivity contribution in [2.45, 2.75) is 53.1 Å². The molecule has 0 saturated carbocycles. The number of nitrogens with one attached hydrogen (secondary N) is 3. The number of thiazole rings is 1. The Morgan fingerprint density at radius 1 is 1.19 bits per heavy atom. The van der Waals surface area contributed by atoms with Gasteiger partial charge in [-0.25, -0.2) is 9.78 Å². The molecular weight excluding hydrogens is 465 g/mol. The van der Waals surface area contributed by atoms with E-state index in [2.05, 4.69) is 39.8 Å². The van der Waals surface area contributed by atoms with E-state index >= 15 is 0 Å². The van der Waals surface area contributed by atoms with Crippen molar-refractivity contribution in [2.24, 2.45) is 4.99 Å². The molecule has 0 aliphatic carbocycles. The van der Waals surface area contributed by atoms with Crippen molar-refractivity contribution in [3.63, 3.8) is 0 Å². The lowest BCUT2D eigenvalue weighted by molar-refractivity contribution is 0.0529. The molecule has 0 spiro atoms. The van der Waals surface area contributed by atoms with Gasteiger partial charge < -0.3 is 20.7 Å². The molecule has 150 valence electrons. The maximum Gasteiger partial charge on any atom is 0.407 e. The molecule has 0 fully saturated rings. The lowest BCUT2D eigenvalue weighted by Gasteiger charge is -2.19. The number of carbonyl (C=O) groups excluding carboxylic acids is 1. The minimum atomic E-state index is -0.485. The predicted molar refractivity (Wildman–Crippen MR) is 119 cm³/mol. The number of rotatable bonds is 7. The maximum absolute atomic E-state index is 11.5. The van der Waals surface area contributed by atoms with Gasteiger partial charge in [-0.2, -0.15) is 0 Å². The predicted octanol–water partition coefficient (Wildman–Crippen LogP) is 2.86. The van der Waals surface area contributed by atoms with Crippen LogP contribution in [0.1, 0.15) is 43.3 Å². The van der Waals surface area contributed by atoms with Crippen LogP contribution in [0.25, 0.3) is 0 Å². The molecule has 3 N–H and O–H groups in total. The average molecular weight is 497 g/mol. The first-order valence-corrected chi connectivity index (χ1v) is 9.43. The van der Waals surface area contributed by atoms with Crippen LogP contribution in [0.4, 0.5) is 4.79 Å². The first-order chi connectivity index (χ1) is 11.7. The number of aliphatic imine (C=N–C) groups is 1. The smallest absolute Gasteiger partial charge is 0.407 e. The van der Waals surface area contributed by atoms with Crippen molar-refractivity contribution in [1.29, 1.82) is 0 Å². The van der Waals surface area contributed by atoms with Crippen LogP contribution < -0.4 is 16.0 Å². The summed E-state index contributed by atoms with van der Waals surface area (Å²) >= 11 is 1.75. The van der Waals surface area contributed by atoms with Gasteiger partial charge in [-0.3, -0.25) is 4.99 Å². The average Bonchev–Trinajstić information content (AvgIpc) is 2.87. The van der Waals surface area contributed by atoms with E-state index in [1.165, 1.54) is 10.6 Å². The second-order valence-electron chi connectivity index (χ2n) is 6.57. The molecule has 26 heavy (non-hydrogen) atoms. The van der Waals surface area contributed by atoms with Crippen LogP contribution in [-0.2, 0) is 17.6 Å². The molecule has 0 unspecified atom stereocenters. The highest BCUT2D eigenvalue weighted by atomic mass is 127. The fourth-order valence-electron chi connectivity index (χ4n) is 2.09. The molecule has 1 amide bonds. The molecule has 0 saturated heterocycles. The Labute approximate surface area is 177 Å². The summed E-state index contributed by atoms with van der Waals surface area (Å²) in [6.07, 6.45) is 1.43. The number of hydrogen-bond donors (Lipinski definition) is 3. The van der Waals surface area contributed by atoms with Gasteiger partial charge in [0.25, 0.3) is 0 Å². The van der Waals surface area contributed by atoms with E-state index in [-0.39, 0.29) is 24.0 Å². The third-order valence-corrected chi connectivity index (χ3v) is 4.29. The fraction of sp³-hybridized carbons (Fsp3) is 0.706. The topological polar surface area (TPSA) is 87.6 Å². The number of aromatic nitrogens is 1. The van der Waals surface area contributed by atoms with Gasteiger partial charge in [-0.05, 0) is 34.1 Å². The summed E-state index contributed by atoms with van der Waals surface area (Å²) in [5.41, 5.74) is 0.705. The maximum atomic E-state index is 11.5. The highest BCUT2D eigenvalue weighted by molar-refractivity contribution is 14.0. The molecule has 1 rings (SSSR count). The lowest BCUT2D eigenvalue weighted by atomic mass is 10.2. The highest BCUT2D eigenvalue weighted by Gasteiger charge is 2.15. The van der Waals surface area contributed by atoms with Crippen molar-refractivity contribution in [3.05, 3.63) is 15.6 Å². The van der Waals surface area contributed by atoms with E-state index in [9.17, 15) is 4.79 Å². The van der Waals surface area contributed by atoms with Gasteiger partial charge in [-0.15, -0.1) is 35.3 Å². The zero-order valence-electron chi connectivity index (χ0n) is 16.6. The molecular formula is C17H32IN5O2S. The summed E-state index contributed by atoms with van der Waals surface area (Å²) in [4.78, 5) is 21.6. The Morgan fingerprint density at radius 3 is 2.35 bits per heavy atom. The number of aryl methyl sites for hydroxylation is 2. The van der Waals surface area contributed by atoms with Gasteiger partial charge in [0.2, 0.25) is 0 Å². The number of alkyl carbamates (subject to hydrolysis) is 1. The molecule has 1 aromatic rings. The molecule has 0 aromatic carbocycles. The zero-order chi connectivity index (χ0) is 18.9. The molecule has 1 aromatic heterocycles. The Morgan fingerprint density at radius 2 is 1.81 bits per heavy atom. The third kappa shape index (κ3) is 10.1. The number of nitrogens with zero attached hydrogens (tertiary/aromatic N) is 2. The number of ether oxygens (including phenoxy) is 1. The van der Waals surface area contributed by atoms with Crippen LogP contribution in [0, 0.1) is 6.92 Å². The number of guanidine groups is 1. The number of hydrogen-bond acceptors (Lipinski definition) is 5. The molecule has 0 bridgehead atoms. The number of carbonyl (C=O) groups is 1. The van der Waals surface area contributed by atoms with E-state index < -0.39 is 11.7 Å². The Bertz CT molecular complexity index is 584. The molecule has 9 heteroatoms. The van der Waals surface area contributed by atoms with Crippen molar-refractivity contribution in [3.8, 4) is 0 Å². The Balaban J connectivity index is 0.00000625. The number of halogens is 1. The van der Waals surface area contributed by atoms with Crippen LogP contribution >= 0.6 is 35.3 Å². The summed E-state index contributed by atoms with van der Waals surface area (Å²) in [7, 11) is 1.72. The second-order valence-corrected chi connectivity index (χ2v) is 7.86.